The van der Waals surface area contributed by atoms with Gasteiger partial charge in [0.1, 0.15) is 10.7 Å². The number of aromatic nitrogens is 1. The summed E-state index contributed by atoms with van der Waals surface area (Å²) in [5, 5.41) is 6.57. The second-order valence-corrected chi connectivity index (χ2v) is 7.47. The largest absolute Gasteiger partial charge is 0.337 e. The van der Waals surface area contributed by atoms with E-state index in [1.165, 1.54) is 17.8 Å². The first-order valence-corrected chi connectivity index (χ1v) is 9.58. The normalized spacial score (nSPS) is 14.5. The van der Waals surface area contributed by atoms with Crippen LogP contribution in [-0.2, 0) is 0 Å². The minimum absolute atomic E-state index is 0. The first-order chi connectivity index (χ1) is 11.7. The summed E-state index contributed by atoms with van der Waals surface area (Å²) in [7, 11) is 1.98. The molecule has 0 spiro atoms. The average Bonchev–Trinajstić information content (AvgIpc) is 3.10. The monoisotopic (exact) mass is 435 g/mol. The highest BCUT2D eigenvalue weighted by Crippen LogP contribution is 2.27. The number of rotatable bonds is 5. The molecule has 0 unspecified atom stereocenters. The van der Waals surface area contributed by atoms with Gasteiger partial charge < -0.3 is 10.2 Å². The van der Waals surface area contributed by atoms with Crippen LogP contribution in [0.25, 0.3) is 10.6 Å². The zero-order valence-electron chi connectivity index (χ0n) is 14.6. The number of benzene rings is 1. The van der Waals surface area contributed by atoms with Crippen molar-refractivity contribution in [2.75, 3.05) is 26.7 Å². The van der Waals surface area contributed by atoms with E-state index in [4.69, 9.17) is 11.6 Å². The van der Waals surface area contributed by atoms with Crippen molar-refractivity contribution in [2.45, 2.75) is 19.3 Å². The van der Waals surface area contributed by atoms with E-state index in [0.717, 1.165) is 49.0 Å². The lowest BCUT2D eigenvalue weighted by molar-refractivity contribution is 0.0682. The number of nitrogens with one attached hydrogen (secondary N) is 1. The lowest BCUT2D eigenvalue weighted by Gasteiger charge is -2.31. The Hall–Kier alpha value is -0.850. The standard InChI is InChI=1S/C18H22ClN3OS.2ClH/c1-20-8-5-13-6-9-22(10-7-13)18(23)16-12-24-17(21-16)14-3-2-4-15(19)11-14;;/h2-4,11-13,20H,5-10H2,1H3;2*1H. The van der Waals surface area contributed by atoms with Crippen LogP contribution in [0.5, 0.6) is 0 Å². The zero-order chi connectivity index (χ0) is 16.9. The second-order valence-electron chi connectivity index (χ2n) is 6.18. The molecule has 1 amide bonds. The fourth-order valence-electron chi connectivity index (χ4n) is 3.06. The topological polar surface area (TPSA) is 45.2 Å². The maximum Gasteiger partial charge on any atom is 0.273 e. The van der Waals surface area contributed by atoms with Gasteiger partial charge in [0, 0.05) is 29.1 Å². The van der Waals surface area contributed by atoms with Crippen molar-refractivity contribution in [1.82, 2.24) is 15.2 Å². The predicted molar refractivity (Wildman–Crippen MR) is 114 cm³/mol. The summed E-state index contributed by atoms with van der Waals surface area (Å²) in [5.41, 5.74) is 1.50. The Morgan fingerprint density at radius 1 is 1.35 bits per heavy atom. The van der Waals surface area contributed by atoms with E-state index in [0.29, 0.717) is 10.7 Å². The molecule has 1 N–H and O–H groups in total. The summed E-state index contributed by atoms with van der Waals surface area (Å²) in [6, 6.07) is 7.58. The Balaban J connectivity index is 0.00000169. The van der Waals surface area contributed by atoms with Crippen LogP contribution in [0.15, 0.2) is 29.6 Å². The third-order valence-corrected chi connectivity index (χ3v) is 5.63. The van der Waals surface area contributed by atoms with Crippen LogP contribution in [0.2, 0.25) is 5.02 Å². The van der Waals surface area contributed by atoms with Crippen molar-refractivity contribution in [3.8, 4) is 10.6 Å². The minimum atomic E-state index is 0. The number of hydrogen-bond donors (Lipinski definition) is 1. The summed E-state index contributed by atoms with van der Waals surface area (Å²) >= 11 is 7.52. The molecule has 1 aromatic carbocycles. The van der Waals surface area contributed by atoms with E-state index in [1.54, 1.807) is 0 Å². The molecule has 3 rings (SSSR count). The van der Waals surface area contributed by atoms with E-state index in [9.17, 15) is 4.79 Å². The number of amides is 1. The molecular weight excluding hydrogens is 413 g/mol. The van der Waals surface area contributed by atoms with Gasteiger partial charge in [-0.25, -0.2) is 4.98 Å². The number of hydrogen-bond acceptors (Lipinski definition) is 4. The highest BCUT2D eigenvalue weighted by atomic mass is 35.5. The van der Waals surface area contributed by atoms with Crippen molar-refractivity contribution < 1.29 is 4.79 Å². The smallest absolute Gasteiger partial charge is 0.273 e. The lowest BCUT2D eigenvalue weighted by atomic mass is 9.93. The van der Waals surface area contributed by atoms with Gasteiger partial charge in [0.15, 0.2) is 0 Å². The van der Waals surface area contributed by atoms with Crippen molar-refractivity contribution in [1.29, 1.82) is 0 Å². The Bertz CT molecular complexity index is 702. The quantitative estimate of drug-likeness (QED) is 0.734. The molecule has 2 heterocycles. The molecule has 1 fully saturated rings. The molecular formula is C18H24Cl3N3OS. The van der Waals surface area contributed by atoms with Crippen LogP contribution in [-0.4, -0.2) is 42.5 Å². The second kappa shape index (κ2) is 11.1. The maximum absolute atomic E-state index is 12.7. The zero-order valence-corrected chi connectivity index (χ0v) is 17.8. The highest BCUT2D eigenvalue weighted by molar-refractivity contribution is 7.13. The highest BCUT2D eigenvalue weighted by Gasteiger charge is 2.25. The Labute approximate surface area is 176 Å². The predicted octanol–water partition coefficient (Wildman–Crippen LogP) is 4.77. The van der Waals surface area contributed by atoms with Gasteiger partial charge in [-0.2, -0.15) is 0 Å². The summed E-state index contributed by atoms with van der Waals surface area (Å²) in [6.07, 6.45) is 3.35. The van der Waals surface area contributed by atoms with E-state index in [-0.39, 0.29) is 30.7 Å². The van der Waals surface area contributed by atoms with E-state index >= 15 is 0 Å². The van der Waals surface area contributed by atoms with Gasteiger partial charge in [-0.15, -0.1) is 36.2 Å². The first-order valence-electron chi connectivity index (χ1n) is 8.32. The number of halogens is 3. The van der Waals surface area contributed by atoms with Crippen LogP contribution in [0, 0.1) is 5.92 Å². The number of likely N-dealkylation sites (tertiary alicyclic amines) is 1. The third kappa shape index (κ3) is 5.83. The fraction of sp³-hybridized carbons (Fsp3) is 0.444. The first kappa shape index (κ1) is 23.2. The number of carbonyl (C=O) groups is 1. The molecule has 144 valence electrons. The van der Waals surface area contributed by atoms with E-state index < -0.39 is 0 Å². The Morgan fingerprint density at radius 2 is 2.08 bits per heavy atom. The SMILES string of the molecule is CNCCC1CCN(C(=O)c2csc(-c3cccc(Cl)c3)n2)CC1.Cl.Cl. The number of piperidine rings is 1. The van der Waals surface area contributed by atoms with Gasteiger partial charge in [-0.05, 0) is 50.9 Å². The minimum Gasteiger partial charge on any atom is -0.337 e. The Morgan fingerprint density at radius 3 is 2.73 bits per heavy atom. The average molecular weight is 437 g/mol. The van der Waals surface area contributed by atoms with Gasteiger partial charge in [0.25, 0.3) is 5.91 Å². The Kier molecular flexibility index (Phi) is 9.90. The lowest BCUT2D eigenvalue weighted by Crippen LogP contribution is -2.39. The molecule has 0 bridgehead atoms. The molecule has 0 atom stereocenters. The van der Waals surface area contributed by atoms with Crippen molar-refractivity contribution >= 4 is 53.7 Å². The van der Waals surface area contributed by atoms with Crippen LogP contribution in [0.1, 0.15) is 29.8 Å². The molecule has 1 saturated heterocycles. The van der Waals surface area contributed by atoms with Crippen molar-refractivity contribution in [2.24, 2.45) is 5.92 Å². The van der Waals surface area contributed by atoms with Crippen LogP contribution < -0.4 is 5.32 Å². The molecule has 4 nitrogen and oxygen atoms in total. The molecule has 0 saturated carbocycles. The van der Waals surface area contributed by atoms with Gasteiger partial charge in [-0.3, -0.25) is 4.79 Å². The molecule has 2 aromatic rings. The number of thiazole rings is 1. The van der Waals surface area contributed by atoms with Crippen LogP contribution in [0.3, 0.4) is 0 Å². The number of nitrogens with zero attached hydrogens (tertiary/aromatic N) is 2. The molecule has 0 radical (unpaired) electrons. The van der Waals surface area contributed by atoms with Gasteiger partial charge in [0.05, 0.1) is 0 Å². The number of carbonyl (C=O) groups excluding carboxylic acids is 1. The third-order valence-electron chi connectivity index (χ3n) is 4.50. The van der Waals surface area contributed by atoms with Crippen LogP contribution >= 0.6 is 47.8 Å². The molecule has 8 heteroatoms. The van der Waals surface area contributed by atoms with Crippen LogP contribution in [0.4, 0.5) is 0 Å². The summed E-state index contributed by atoms with van der Waals surface area (Å²) < 4.78 is 0. The van der Waals surface area contributed by atoms with E-state index in [1.807, 2.05) is 41.6 Å². The van der Waals surface area contributed by atoms with Crippen molar-refractivity contribution in [3.63, 3.8) is 0 Å². The van der Waals surface area contributed by atoms with E-state index in [2.05, 4.69) is 10.3 Å². The summed E-state index contributed by atoms with van der Waals surface area (Å²) in [5.74, 6) is 0.769. The fourth-order valence-corrected chi connectivity index (χ4v) is 4.04. The molecule has 0 aliphatic carbocycles. The maximum atomic E-state index is 12.7. The van der Waals surface area contributed by atoms with Crippen molar-refractivity contribution in [3.05, 3.63) is 40.4 Å². The molecule has 26 heavy (non-hydrogen) atoms. The van der Waals surface area contributed by atoms with Gasteiger partial charge in [-0.1, -0.05) is 23.7 Å². The summed E-state index contributed by atoms with van der Waals surface area (Å²) in [6.45, 7) is 2.71. The molecule has 1 aromatic heterocycles. The summed E-state index contributed by atoms with van der Waals surface area (Å²) in [4.78, 5) is 19.1. The van der Waals surface area contributed by atoms with Gasteiger partial charge >= 0.3 is 0 Å². The van der Waals surface area contributed by atoms with Gasteiger partial charge in [0.2, 0.25) is 0 Å². The molecule has 1 aliphatic rings. The molecule has 1 aliphatic heterocycles.